The number of ether oxygens (including phenoxy) is 1. The van der Waals surface area contributed by atoms with Gasteiger partial charge in [-0.05, 0) is 44.9 Å². The summed E-state index contributed by atoms with van der Waals surface area (Å²) < 4.78 is 13.4. The molecule has 1 aliphatic heterocycles. The lowest BCUT2D eigenvalue weighted by molar-refractivity contribution is -0.140. The number of alkyl carbamates (subject to hydrolysis) is 1. The van der Waals surface area contributed by atoms with Crippen molar-refractivity contribution in [1.29, 1.82) is 0 Å². The van der Waals surface area contributed by atoms with Gasteiger partial charge in [0.25, 0.3) is 0 Å². The van der Waals surface area contributed by atoms with E-state index in [1.54, 1.807) is 6.92 Å². The molecule has 3 amide bonds. The van der Waals surface area contributed by atoms with Crippen LogP contribution in [0.3, 0.4) is 0 Å². The molecule has 32 heavy (non-hydrogen) atoms. The average Bonchev–Trinajstić information content (AvgIpc) is 3.23. The maximum absolute atomic E-state index is 13.3. The van der Waals surface area contributed by atoms with E-state index in [1.165, 1.54) is 4.90 Å². The Morgan fingerprint density at radius 1 is 1.25 bits per heavy atom. The predicted molar refractivity (Wildman–Crippen MR) is 119 cm³/mol. The summed E-state index contributed by atoms with van der Waals surface area (Å²) >= 11 is 0. The van der Waals surface area contributed by atoms with Gasteiger partial charge < -0.3 is 36.5 Å². The Hall–Kier alpha value is -2.85. The Labute approximate surface area is 190 Å². The molecule has 1 heterocycles. The highest BCUT2D eigenvalue weighted by Crippen LogP contribution is 2.31. The molecular formula is C21H36N6O5. The van der Waals surface area contributed by atoms with E-state index in [-0.39, 0.29) is 19.0 Å². The zero-order valence-corrected chi connectivity index (χ0v) is 18.7. The maximum atomic E-state index is 13.3. The van der Waals surface area contributed by atoms with Crippen molar-refractivity contribution >= 4 is 30.2 Å². The number of guanidine groups is 1. The van der Waals surface area contributed by atoms with Gasteiger partial charge in [-0.25, -0.2) is 4.79 Å². The first kappa shape index (κ1) is 23.8. The number of likely N-dealkylation sites (tertiary alicyclic amines) is 1. The second-order valence-electron chi connectivity index (χ2n) is 8.11. The minimum absolute atomic E-state index is 0.0378. The van der Waals surface area contributed by atoms with Crippen LogP contribution in [-0.2, 0) is 19.1 Å². The number of hydrogen-bond donors (Lipinski definition) is 4. The summed E-state index contributed by atoms with van der Waals surface area (Å²) in [4.78, 5) is 55.0. The average molecular weight is 454 g/mol. The van der Waals surface area contributed by atoms with E-state index in [9.17, 15) is 19.2 Å². The second-order valence-corrected chi connectivity index (χ2v) is 8.11. The van der Waals surface area contributed by atoms with Gasteiger partial charge >= 0.3 is 6.09 Å². The van der Waals surface area contributed by atoms with Crippen LogP contribution in [0.15, 0.2) is 4.99 Å². The molecule has 11 heteroatoms. The van der Waals surface area contributed by atoms with Gasteiger partial charge in [-0.1, -0.05) is 19.3 Å². The van der Waals surface area contributed by atoms with Crippen LogP contribution in [0.5, 0.6) is 0 Å². The molecule has 11 nitrogen and oxygen atoms in total. The minimum atomic E-state index is -0.947. The van der Waals surface area contributed by atoms with E-state index >= 15 is 0 Å². The first-order valence-corrected chi connectivity index (χ1v) is 11.2. The van der Waals surface area contributed by atoms with Gasteiger partial charge in [0.1, 0.15) is 18.4 Å². The first-order chi connectivity index (χ1) is 15.7. The van der Waals surface area contributed by atoms with Crippen molar-refractivity contribution in [2.45, 2.75) is 76.4 Å². The molecule has 1 saturated carbocycles. The third-order valence-electron chi connectivity index (χ3n) is 5.72. The van der Waals surface area contributed by atoms with Gasteiger partial charge in [-0.3, -0.25) is 14.6 Å². The molecule has 6 N–H and O–H groups in total. The fourth-order valence-electron chi connectivity index (χ4n) is 3.91. The summed E-state index contributed by atoms with van der Waals surface area (Å²) in [6, 6.07) is -2.41. The summed E-state index contributed by atoms with van der Waals surface area (Å²) in [6.07, 6.45) is 4.27. The lowest BCUT2D eigenvalue weighted by Gasteiger charge is -2.33. The van der Waals surface area contributed by atoms with E-state index in [4.69, 9.17) is 17.6 Å². The summed E-state index contributed by atoms with van der Waals surface area (Å²) in [5.74, 6) is -1.63. The minimum Gasteiger partial charge on any atom is -0.450 e. The van der Waals surface area contributed by atoms with E-state index in [0.717, 1.165) is 6.42 Å². The number of aliphatic imine (C=N–C) groups is 1. The molecule has 0 bridgehead atoms. The molecule has 180 valence electrons. The largest absolute Gasteiger partial charge is 0.450 e. The topological polar surface area (TPSA) is 169 Å². The van der Waals surface area contributed by atoms with Crippen LogP contribution in [0.25, 0.3) is 0 Å². The monoisotopic (exact) mass is 453 g/mol. The van der Waals surface area contributed by atoms with Crippen molar-refractivity contribution < 1.29 is 25.3 Å². The van der Waals surface area contributed by atoms with Crippen molar-refractivity contribution in [3.8, 4) is 0 Å². The molecular weight excluding hydrogens is 416 g/mol. The molecule has 1 saturated heterocycles. The Balaban J connectivity index is 2.02. The van der Waals surface area contributed by atoms with Crippen molar-refractivity contribution in [2.24, 2.45) is 22.4 Å². The van der Waals surface area contributed by atoms with E-state index < -0.39 is 41.9 Å². The lowest BCUT2D eigenvalue weighted by Crippen LogP contribution is -2.55. The summed E-state index contributed by atoms with van der Waals surface area (Å²) in [7, 11) is 0. The van der Waals surface area contributed by atoms with Crippen LogP contribution in [0.4, 0.5) is 4.79 Å². The van der Waals surface area contributed by atoms with Crippen LogP contribution in [-0.4, -0.2) is 72.9 Å². The van der Waals surface area contributed by atoms with Crippen LogP contribution in [0.2, 0.25) is 0 Å². The van der Waals surface area contributed by atoms with Gasteiger partial charge in [0.05, 0.1) is 12.6 Å². The zero-order valence-electron chi connectivity index (χ0n) is 19.7. The van der Waals surface area contributed by atoms with Crippen molar-refractivity contribution in [3.63, 3.8) is 0 Å². The number of amides is 3. The Morgan fingerprint density at radius 2 is 2.00 bits per heavy atom. The molecule has 0 aromatic heterocycles. The van der Waals surface area contributed by atoms with E-state index in [1.807, 2.05) is 0 Å². The number of carbonyl (C=O) groups is 4. The number of nitrogens with one attached hydrogen (secondary N) is 2. The van der Waals surface area contributed by atoms with Crippen LogP contribution in [0, 0.1) is 5.89 Å². The normalized spacial score (nSPS) is 21.3. The van der Waals surface area contributed by atoms with Gasteiger partial charge in [-0.15, -0.1) is 0 Å². The van der Waals surface area contributed by atoms with E-state index in [2.05, 4.69) is 15.6 Å². The molecule has 2 rings (SSSR count). The molecule has 1 aliphatic carbocycles. The highest BCUT2D eigenvalue weighted by Gasteiger charge is 2.39. The van der Waals surface area contributed by atoms with Crippen molar-refractivity contribution in [3.05, 3.63) is 0 Å². The number of hydrogen-bond acceptors (Lipinski definition) is 6. The van der Waals surface area contributed by atoms with E-state index in [0.29, 0.717) is 57.9 Å². The van der Waals surface area contributed by atoms with Crippen molar-refractivity contribution in [1.82, 2.24) is 15.5 Å². The SMILES string of the molecule is [2H]C1(C[C@H](NC(=O)OCC)C(=O)N2CCC[C@H]2C(=O)N[C@H](C=O)CCCN=C(N)N)CCC1. The number of aldehydes is 1. The highest BCUT2D eigenvalue weighted by molar-refractivity contribution is 5.92. The predicted octanol–water partition coefficient (Wildman–Crippen LogP) is 0.0196. The molecule has 0 aromatic carbocycles. The van der Waals surface area contributed by atoms with Gasteiger partial charge in [0, 0.05) is 14.5 Å². The molecule has 0 radical (unpaired) electrons. The number of nitrogens with zero attached hydrogens (tertiary/aromatic N) is 2. The highest BCUT2D eigenvalue weighted by atomic mass is 16.5. The Kier molecular flexibility index (Phi) is 9.58. The van der Waals surface area contributed by atoms with Crippen LogP contribution in [0.1, 0.15) is 59.7 Å². The number of rotatable bonds is 12. The summed E-state index contributed by atoms with van der Waals surface area (Å²) in [6.45, 7) is 2.52. The molecule has 0 aromatic rings. The maximum Gasteiger partial charge on any atom is 0.407 e. The number of nitrogens with two attached hydrogens (primary N) is 2. The van der Waals surface area contributed by atoms with Gasteiger partial charge in [0.2, 0.25) is 11.8 Å². The fraction of sp³-hybridized carbons (Fsp3) is 0.762. The van der Waals surface area contributed by atoms with Gasteiger partial charge in [-0.2, -0.15) is 0 Å². The molecule has 2 aliphatic rings. The lowest BCUT2D eigenvalue weighted by atomic mass is 9.80. The third kappa shape index (κ3) is 7.69. The molecule has 0 unspecified atom stereocenters. The quantitative estimate of drug-likeness (QED) is 0.140. The smallest absolute Gasteiger partial charge is 0.407 e. The summed E-state index contributed by atoms with van der Waals surface area (Å²) in [5.41, 5.74) is 10.6. The fourth-order valence-corrected chi connectivity index (χ4v) is 3.91. The Morgan fingerprint density at radius 3 is 2.59 bits per heavy atom. The molecule has 3 atom stereocenters. The number of carbonyl (C=O) groups excluding carboxylic acids is 4. The molecule has 0 spiro atoms. The second kappa shape index (κ2) is 12.9. The standard InChI is InChI=1S/C21H36N6O5/c1-2-32-21(31)26-16(12-14-6-3-7-14)19(30)27-11-5-9-17(27)18(29)25-15(13-28)8-4-10-24-20(22)23/h13-17H,2-12H2,1H3,(H,25,29)(H,26,31)(H4,22,23,24)/t15-,16-,17-/m0/s1/i14D. The van der Waals surface area contributed by atoms with Crippen LogP contribution < -0.4 is 22.1 Å². The summed E-state index contributed by atoms with van der Waals surface area (Å²) in [5, 5.41) is 5.27. The third-order valence-corrected chi connectivity index (χ3v) is 5.72. The Bertz CT molecular complexity index is 741. The first-order valence-electron chi connectivity index (χ1n) is 11.7. The van der Waals surface area contributed by atoms with Crippen molar-refractivity contribution in [2.75, 3.05) is 19.7 Å². The molecule has 2 fully saturated rings. The van der Waals surface area contributed by atoms with Crippen LogP contribution >= 0.6 is 0 Å². The zero-order chi connectivity index (χ0) is 24.4. The van der Waals surface area contributed by atoms with Gasteiger partial charge in [0.15, 0.2) is 5.96 Å².